The Bertz CT molecular complexity index is 372. The molecule has 0 aliphatic rings. The van der Waals surface area contributed by atoms with Crippen LogP contribution in [0.5, 0.6) is 0 Å². The van der Waals surface area contributed by atoms with Gasteiger partial charge in [-0.3, -0.25) is 4.79 Å². The summed E-state index contributed by atoms with van der Waals surface area (Å²) in [6.45, 7) is 8.49. The van der Waals surface area contributed by atoms with Gasteiger partial charge >= 0.3 is 0 Å². The number of nitrogens with zero attached hydrogens (tertiary/aromatic N) is 3. The van der Waals surface area contributed by atoms with Crippen LogP contribution in [0.3, 0.4) is 0 Å². The van der Waals surface area contributed by atoms with E-state index < -0.39 is 0 Å². The molecule has 1 aromatic rings. The van der Waals surface area contributed by atoms with E-state index >= 15 is 0 Å². The number of anilines is 1. The third kappa shape index (κ3) is 2.55. The minimum atomic E-state index is -0.292. The fraction of sp³-hybridized carbons (Fsp3) is 0.444. The van der Waals surface area contributed by atoms with Crippen LogP contribution in [-0.4, -0.2) is 34.2 Å². The zero-order valence-corrected chi connectivity index (χ0v) is 8.86. The minimum Gasteiger partial charge on any atom is -0.379 e. The Morgan fingerprint density at radius 2 is 2.27 bits per heavy atom. The molecule has 0 saturated carbocycles. The Morgan fingerprint density at radius 1 is 1.60 bits per heavy atom. The first-order chi connectivity index (χ1) is 7.06. The molecule has 0 unspecified atom stereocenters. The van der Waals surface area contributed by atoms with Crippen molar-refractivity contribution in [2.75, 3.05) is 18.8 Å². The van der Waals surface area contributed by atoms with Gasteiger partial charge in [0.15, 0.2) is 0 Å². The Kier molecular flexibility index (Phi) is 3.43. The van der Waals surface area contributed by atoms with Crippen molar-refractivity contribution in [2.45, 2.75) is 13.8 Å². The lowest BCUT2D eigenvalue weighted by Crippen LogP contribution is -2.32. The van der Waals surface area contributed by atoms with Gasteiger partial charge in [-0.2, -0.15) is 0 Å². The van der Waals surface area contributed by atoms with Crippen molar-refractivity contribution in [1.82, 2.24) is 15.2 Å². The number of nitrogen functional groups attached to an aromatic ring is 1. The summed E-state index contributed by atoms with van der Waals surface area (Å²) >= 11 is 0. The second kappa shape index (κ2) is 4.59. The summed E-state index contributed by atoms with van der Waals surface area (Å²) in [6, 6.07) is 0. The van der Waals surface area contributed by atoms with E-state index in [-0.39, 0.29) is 17.4 Å². The quantitative estimate of drug-likeness (QED) is 0.739. The standard InChI is InChI=1S/C9H14N4O2/c1-4-13(5-6(2)3)9(14)7-8(10)12-15-11-7/h2,4-5H2,1,3H3,(H2,10,12). The zero-order valence-electron chi connectivity index (χ0n) is 8.86. The van der Waals surface area contributed by atoms with E-state index in [9.17, 15) is 4.79 Å². The molecular weight excluding hydrogens is 196 g/mol. The number of amides is 1. The van der Waals surface area contributed by atoms with Gasteiger partial charge in [0.1, 0.15) is 0 Å². The second-order valence-corrected chi connectivity index (χ2v) is 3.27. The summed E-state index contributed by atoms with van der Waals surface area (Å²) in [5.74, 6) is -0.278. The molecule has 0 aliphatic heterocycles. The molecule has 1 amide bonds. The van der Waals surface area contributed by atoms with Gasteiger partial charge in [0, 0.05) is 13.1 Å². The van der Waals surface area contributed by atoms with Gasteiger partial charge in [-0.25, -0.2) is 4.63 Å². The molecule has 15 heavy (non-hydrogen) atoms. The predicted molar refractivity (Wildman–Crippen MR) is 55.1 cm³/mol. The molecule has 0 spiro atoms. The highest BCUT2D eigenvalue weighted by molar-refractivity contribution is 5.96. The van der Waals surface area contributed by atoms with Crippen LogP contribution in [0.1, 0.15) is 24.3 Å². The fourth-order valence-corrected chi connectivity index (χ4v) is 1.15. The lowest BCUT2D eigenvalue weighted by Gasteiger charge is -2.19. The molecule has 6 nitrogen and oxygen atoms in total. The summed E-state index contributed by atoms with van der Waals surface area (Å²) in [5, 5.41) is 6.82. The summed E-state index contributed by atoms with van der Waals surface area (Å²) in [6.07, 6.45) is 0. The van der Waals surface area contributed by atoms with Crippen LogP contribution < -0.4 is 5.73 Å². The highest BCUT2D eigenvalue weighted by Crippen LogP contribution is 2.09. The van der Waals surface area contributed by atoms with Crippen LogP contribution in [0, 0.1) is 0 Å². The number of aromatic nitrogens is 2. The molecule has 0 atom stereocenters. The molecule has 0 fully saturated rings. The van der Waals surface area contributed by atoms with Gasteiger partial charge in [-0.1, -0.05) is 12.2 Å². The number of hydrogen-bond donors (Lipinski definition) is 1. The average Bonchev–Trinajstić information content (AvgIpc) is 2.59. The third-order valence-corrected chi connectivity index (χ3v) is 1.85. The van der Waals surface area contributed by atoms with E-state index in [1.807, 2.05) is 13.8 Å². The highest BCUT2D eigenvalue weighted by atomic mass is 16.6. The van der Waals surface area contributed by atoms with Crippen molar-refractivity contribution in [1.29, 1.82) is 0 Å². The SMILES string of the molecule is C=C(C)CN(CC)C(=O)c1nonc1N. The second-order valence-electron chi connectivity index (χ2n) is 3.27. The van der Waals surface area contributed by atoms with E-state index in [1.54, 1.807) is 4.90 Å². The zero-order chi connectivity index (χ0) is 11.4. The maximum atomic E-state index is 11.8. The molecule has 1 aromatic heterocycles. The van der Waals surface area contributed by atoms with Gasteiger partial charge in [-0.05, 0) is 24.2 Å². The maximum absolute atomic E-state index is 11.8. The van der Waals surface area contributed by atoms with Crippen LogP contribution in [0.2, 0.25) is 0 Å². The number of rotatable bonds is 4. The summed E-state index contributed by atoms with van der Waals surface area (Å²) < 4.78 is 4.37. The Hall–Kier alpha value is -1.85. The number of carbonyl (C=O) groups is 1. The number of carbonyl (C=O) groups excluding carboxylic acids is 1. The number of hydrogen-bond acceptors (Lipinski definition) is 5. The van der Waals surface area contributed by atoms with Crippen molar-refractivity contribution in [3.8, 4) is 0 Å². The smallest absolute Gasteiger partial charge is 0.280 e. The van der Waals surface area contributed by atoms with E-state index in [1.165, 1.54) is 0 Å². The Morgan fingerprint density at radius 3 is 2.67 bits per heavy atom. The van der Waals surface area contributed by atoms with Gasteiger partial charge in [-0.15, -0.1) is 0 Å². The van der Waals surface area contributed by atoms with Crippen molar-refractivity contribution in [3.63, 3.8) is 0 Å². The van der Waals surface area contributed by atoms with Gasteiger partial charge in [0.05, 0.1) is 0 Å². The molecule has 0 bridgehead atoms. The molecule has 6 heteroatoms. The van der Waals surface area contributed by atoms with E-state index in [4.69, 9.17) is 5.73 Å². The summed E-state index contributed by atoms with van der Waals surface area (Å²) in [7, 11) is 0. The summed E-state index contributed by atoms with van der Waals surface area (Å²) in [4.78, 5) is 13.4. The van der Waals surface area contributed by atoms with Crippen LogP contribution in [0.25, 0.3) is 0 Å². The Balaban J connectivity index is 2.82. The van der Waals surface area contributed by atoms with Gasteiger partial charge in [0.2, 0.25) is 11.5 Å². The molecule has 1 heterocycles. The lowest BCUT2D eigenvalue weighted by atomic mass is 10.3. The van der Waals surface area contributed by atoms with Crippen LogP contribution >= 0.6 is 0 Å². The van der Waals surface area contributed by atoms with E-state index in [0.29, 0.717) is 13.1 Å². The first-order valence-electron chi connectivity index (χ1n) is 4.58. The molecule has 0 saturated heterocycles. The monoisotopic (exact) mass is 210 g/mol. The first kappa shape index (κ1) is 11.2. The normalized spacial score (nSPS) is 10.0. The molecule has 1 rings (SSSR count). The van der Waals surface area contributed by atoms with E-state index in [0.717, 1.165) is 5.57 Å². The van der Waals surface area contributed by atoms with Crippen molar-refractivity contribution in [3.05, 3.63) is 17.8 Å². The van der Waals surface area contributed by atoms with Crippen molar-refractivity contribution < 1.29 is 9.42 Å². The highest BCUT2D eigenvalue weighted by Gasteiger charge is 2.21. The largest absolute Gasteiger partial charge is 0.379 e. The molecule has 0 aliphatic carbocycles. The van der Waals surface area contributed by atoms with Gasteiger partial charge in [0.25, 0.3) is 5.91 Å². The van der Waals surface area contributed by atoms with E-state index in [2.05, 4.69) is 21.5 Å². The molecule has 0 radical (unpaired) electrons. The molecule has 0 aromatic carbocycles. The molecular formula is C9H14N4O2. The summed E-state index contributed by atoms with van der Waals surface area (Å²) in [5.41, 5.74) is 6.37. The minimum absolute atomic E-state index is 0.0140. The fourth-order valence-electron chi connectivity index (χ4n) is 1.15. The van der Waals surface area contributed by atoms with Gasteiger partial charge < -0.3 is 10.6 Å². The van der Waals surface area contributed by atoms with Crippen molar-refractivity contribution in [2.24, 2.45) is 0 Å². The van der Waals surface area contributed by atoms with Crippen LogP contribution in [0.4, 0.5) is 5.82 Å². The van der Waals surface area contributed by atoms with Crippen LogP contribution in [-0.2, 0) is 0 Å². The topological polar surface area (TPSA) is 85.2 Å². The number of nitrogens with two attached hydrogens (primary N) is 1. The average molecular weight is 210 g/mol. The van der Waals surface area contributed by atoms with Crippen LogP contribution in [0.15, 0.2) is 16.8 Å². The third-order valence-electron chi connectivity index (χ3n) is 1.85. The molecule has 2 N–H and O–H groups in total. The maximum Gasteiger partial charge on any atom is 0.280 e. The lowest BCUT2D eigenvalue weighted by molar-refractivity contribution is 0.0768. The molecule has 82 valence electrons. The van der Waals surface area contributed by atoms with Crippen molar-refractivity contribution >= 4 is 11.7 Å². The Labute approximate surface area is 87.7 Å². The predicted octanol–water partition coefficient (Wildman–Crippen LogP) is 0.690. The number of likely N-dealkylation sites (N-methyl/N-ethyl adjacent to an activating group) is 1. The first-order valence-corrected chi connectivity index (χ1v) is 4.58.